The van der Waals surface area contributed by atoms with Crippen molar-refractivity contribution in [2.75, 3.05) is 11.4 Å². The third-order valence-corrected chi connectivity index (χ3v) is 1.80. The Bertz CT molecular complexity index is 372. The van der Waals surface area contributed by atoms with Crippen molar-refractivity contribution in [1.82, 2.24) is 4.98 Å². The molecule has 76 valence electrons. The monoisotopic (exact) mass is 195 g/mol. The molecule has 0 aliphatic rings. The molecule has 3 N–H and O–H groups in total. The average Bonchev–Trinajstić information content (AvgIpc) is 2.15. The highest BCUT2D eigenvalue weighted by molar-refractivity contribution is 5.90. The highest BCUT2D eigenvalue weighted by Gasteiger charge is 2.13. The van der Waals surface area contributed by atoms with E-state index in [4.69, 9.17) is 5.73 Å². The first-order valence-electron chi connectivity index (χ1n) is 4.41. The first-order valence-corrected chi connectivity index (χ1v) is 4.41. The standard InChI is InChI=1S/C9H13N3O2/c1-2-6-12(9(10)14)7-4-3-5-11-8(7)13/h3-5H,2,6H2,1H3,(H2,10,14)(H,11,13). The molecule has 0 saturated carbocycles. The van der Waals surface area contributed by atoms with Crippen LogP contribution in [0.2, 0.25) is 0 Å². The molecule has 5 nitrogen and oxygen atoms in total. The van der Waals surface area contributed by atoms with Gasteiger partial charge in [-0.05, 0) is 18.6 Å². The molecule has 0 fully saturated rings. The number of amides is 2. The lowest BCUT2D eigenvalue weighted by Crippen LogP contribution is -2.39. The summed E-state index contributed by atoms with van der Waals surface area (Å²) in [5.74, 6) is 0. The smallest absolute Gasteiger partial charge is 0.319 e. The Morgan fingerprint density at radius 1 is 1.64 bits per heavy atom. The minimum atomic E-state index is -0.608. The van der Waals surface area contributed by atoms with E-state index < -0.39 is 6.03 Å². The van der Waals surface area contributed by atoms with E-state index in [0.717, 1.165) is 6.42 Å². The van der Waals surface area contributed by atoms with E-state index in [1.54, 1.807) is 12.1 Å². The van der Waals surface area contributed by atoms with Gasteiger partial charge in [-0.15, -0.1) is 0 Å². The molecule has 0 saturated heterocycles. The maximum atomic E-state index is 11.3. The van der Waals surface area contributed by atoms with Gasteiger partial charge in [0.2, 0.25) is 0 Å². The number of aromatic amines is 1. The van der Waals surface area contributed by atoms with E-state index in [1.165, 1.54) is 11.1 Å². The minimum Gasteiger partial charge on any atom is -0.351 e. The van der Waals surface area contributed by atoms with Crippen LogP contribution in [0, 0.1) is 0 Å². The number of nitrogens with zero attached hydrogens (tertiary/aromatic N) is 1. The number of H-pyrrole nitrogens is 1. The number of carbonyl (C=O) groups excluding carboxylic acids is 1. The molecule has 2 amide bonds. The number of carbonyl (C=O) groups is 1. The molecule has 1 rings (SSSR count). The summed E-state index contributed by atoms with van der Waals surface area (Å²) < 4.78 is 0. The molecule has 0 aliphatic heterocycles. The summed E-state index contributed by atoms with van der Waals surface area (Å²) in [5.41, 5.74) is 5.15. The van der Waals surface area contributed by atoms with Crippen molar-refractivity contribution >= 4 is 11.7 Å². The fraction of sp³-hybridized carbons (Fsp3) is 0.333. The van der Waals surface area contributed by atoms with E-state index in [-0.39, 0.29) is 5.56 Å². The second kappa shape index (κ2) is 4.45. The van der Waals surface area contributed by atoms with Crippen molar-refractivity contribution in [2.45, 2.75) is 13.3 Å². The van der Waals surface area contributed by atoms with E-state index >= 15 is 0 Å². The van der Waals surface area contributed by atoms with Gasteiger partial charge in [0.15, 0.2) is 0 Å². The van der Waals surface area contributed by atoms with Crippen LogP contribution in [0.3, 0.4) is 0 Å². The molecule has 0 unspecified atom stereocenters. The van der Waals surface area contributed by atoms with Crippen molar-refractivity contribution in [3.8, 4) is 0 Å². The van der Waals surface area contributed by atoms with Crippen molar-refractivity contribution in [3.05, 3.63) is 28.7 Å². The SMILES string of the molecule is CCCN(C(N)=O)c1ccc[nH]c1=O. The average molecular weight is 195 g/mol. The number of anilines is 1. The van der Waals surface area contributed by atoms with Crippen LogP contribution in [-0.4, -0.2) is 17.6 Å². The topological polar surface area (TPSA) is 79.2 Å². The normalized spacial score (nSPS) is 9.79. The fourth-order valence-corrected chi connectivity index (χ4v) is 1.20. The predicted octanol–water partition coefficient (Wildman–Crippen LogP) is 0.670. The van der Waals surface area contributed by atoms with Crippen molar-refractivity contribution < 1.29 is 4.79 Å². The Kier molecular flexibility index (Phi) is 3.28. The number of hydrogen-bond donors (Lipinski definition) is 2. The van der Waals surface area contributed by atoms with Crippen LogP contribution in [0.1, 0.15) is 13.3 Å². The zero-order valence-corrected chi connectivity index (χ0v) is 7.99. The Hall–Kier alpha value is -1.78. The van der Waals surface area contributed by atoms with Gasteiger partial charge in [-0.1, -0.05) is 6.92 Å². The van der Waals surface area contributed by atoms with Gasteiger partial charge in [0.1, 0.15) is 5.69 Å². The summed E-state index contributed by atoms with van der Waals surface area (Å²) >= 11 is 0. The summed E-state index contributed by atoms with van der Waals surface area (Å²) in [7, 11) is 0. The molecule has 1 aromatic heterocycles. The Morgan fingerprint density at radius 3 is 2.86 bits per heavy atom. The van der Waals surface area contributed by atoms with Crippen molar-refractivity contribution in [1.29, 1.82) is 0 Å². The Morgan fingerprint density at radius 2 is 2.36 bits per heavy atom. The maximum Gasteiger partial charge on any atom is 0.319 e. The van der Waals surface area contributed by atoms with E-state index in [2.05, 4.69) is 4.98 Å². The van der Waals surface area contributed by atoms with Gasteiger partial charge in [0, 0.05) is 12.7 Å². The Balaban J connectivity index is 3.05. The first-order chi connectivity index (χ1) is 6.66. The van der Waals surface area contributed by atoms with E-state index in [1.807, 2.05) is 6.92 Å². The number of aromatic nitrogens is 1. The number of nitrogens with two attached hydrogens (primary N) is 1. The number of rotatable bonds is 3. The largest absolute Gasteiger partial charge is 0.351 e. The lowest BCUT2D eigenvalue weighted by molar-refractivity contribution is 0.254. The van der Waals surface area contributed by atoms with Crippen LogP contribution in [-0.2, 0) is 0 Å². The quantitative estimate of drug-likeness (QED) is 0.743. The molecule has 0 atom stereocenters. The van der Waals surface area contributed by atoms with Crippen LogP contribution in [0.5, 0.6) is 0 Å². The van der Waals surface area contributed by atoms with Crippen LogP contribution in [0.15, 0.2) is 23.1 Å². The fourth-order valence-electron chi connectivity index (χ4n) is 1.20. The van der Waals surface area contributed by atoms with Gasteiger partial charge < -0.3 is 10.7 Å². The van der Waals surface area contributed by atoms with Gasteiger partial charge in [0.05, 0.1) is 0 Å². The molecular formula is C9H13N3O2. The number of nitrogens with one attached hydrogen (secondary N) is 1. The van der Waals surface area contributed by atoms with Crippen LogP contribution in [0.4, 0.5) is 10.5 Å². The molecule has 0 aromatic carbocycles. The number of hydrogen-bond acceptors (Lipinski definition) is 2. The van der Waals surface area contributed by atoms with Gasteiger partial charge >= 0.3 is 6.03 Å². The lowest BCUT2D eigenvalue weighted by Gasteiger charge is -2.17. The zero-order valence-electron chi connectivity index (χ0n) is 7.99. The summed E-state index contributed by atoms with van der Waals surface area (Å²) in [6.45, 7) is 2.36. The molecule has 0 radical (unpaired) electrons. The van der Waals surface area contributed by atoms with Gasteiger partial charge in [-0.25, -0.2) is 4.79 Å². The molecule has 0 aliphatic carbocycles. The lowest BCUT2D eigenvalue weighted by atomic mass is 10.3. The van der Waals surface area contributed by atoms with Crippen molar-refractivity contribution in [2.24, 2.45) is 5.73 Å². The summed E-state index contributed by atoms with van der Waals surface area (Å²) in [6, 6.07) is 2.62. The predicted molar refractivity (Wildman–Crippen MR) is 54.3 cm³/mol. The van der Waals surface area contributed by atoms with Gasteiger partial charge in [0.25, 0.3) is 5.56 Å². The van der Waals surface area contributed by atoms with Crippen LogP contribution >= 0.6 is 0 Å². The van der Waals surface area contributed by atoms with Crippen molar-refractivity contribution in [3.63, 3.8) is 0 Å². The van der Waals surface area contributed by atoms with Gasteiger partial charge in [-0.3, -0.25) is 9.69 Å². The molecule has 14 heavy (non-hydrogen) atoms. The van der Waals surface area contributed by atoms with Gasteiger partial charge in [-0.2, -0.15) is 0 Å². The maximum absolute atomic E-state index is 11.3. The highest BCUT2D eigenvalue weighted by Crippen LogP contribution is 2.06. The third kappa shape index (κ3) is 2.12. The number of urea groups is 1. The first kappa shape index (κ1) is 10.3. The molecule has 1 heterocycles. The van der Waals surface area contributed by atoms with E-state index in [9.17, 15) is 9.59 Å². The molecule has 1 aromatic rings. The second-order valence-electron chi connectivity index (χ2n) is 2.87. The third-order valence-electron chi connectivity index (χ3n) is 1.80. The molecule has 0 bridgehead atoms. The van der Waals surface area contributed by atoms with E-state index in [0.29, 0.717) is 12.2 Å². The van der Waals surface area contributed by atoms with Crippen LogP contribution in [0.25, 0.3) is 0 Å². The van der Waals surface area contributed by atoms with Crippen LogP contribution < -0.4 is 16.2 Å². The Labute approximate surface area is 81.5 Å². The minimum absolute atomic E-state index is 0.293. The molecular weight excluding hydrogens is 182 g/mol. The molecule has 5 heteroatoms. The second-order valence-corrected chi connectivity index (χ2v) is 2.87. The summed E-state index contributed by atoms with van der Waals surface area (Å²) in [6.07, 6.45) is 2.26. The summed E-state index contributed by atoms with van der Waals surface area (Å²) in [4.78, 5) is 26.1. The highest BCUT2D eigenvalue weighted by atomic mass is 16.2. The number of pyridine rings is 1. The zero-order chi connectivity index (χ0) is 10.6. The summed E-state index contributed by atoms with van der Waals surface area (Å²) in [5, 5.41) is 0. The molecule has 0 spiro atoms. The number of primary amides is 1.